The molecule has 4 rings (SSSR count). The lowest BCUT2D eigenvalue weighted by Crippen LogP contribution is -2.31. The smallest absolute Gasteiger partial charge is 0.255 e. The third-order valence-electron chi connectivity index (χ3n) is 5.44. The Morgan fingerprint density at radius 1 is 0.879 bits per heavy atom. The minimum Gasteiger partial charge on any atom is -0.325 e. The highest BCUT2D eigenvalue weighted by Crippen LogP contribution is 2.38. The average molecular weight is 506 g/mol. The van der Waals surface area contributed by atoms with Gasteiger partial charge in [-0.15, -0.1) is 0 Å². The van der Waals surface area contributed by atoms with Crippen LogP contribution < -0.4 is 15.5 Å². The van der Waals surface area contributed by atoms with Crippen molar-refractivity contribution in [1.29, 1.82) is 0 Å². The van der Waals surface area contributed by atoms with Crippen molar-refractivity contribution < 1.29 is 19.2 Å². The van der Waals surface area contributed by atoms with Crippen LogP contribution in [-0.4, -0.2) is 30.6 Å². The Bertz CT molecular complexity index is 1290. The molecule has 8 heteroatoms. The summed E-state index contributed by atoms with van der Waals surface area (Å²) in [5, 5.41) is 5.53. The number of carbonyl (C=O) groups excluding carboxylic acids is 4. The van der Waals surface area contributed by atoms with Gasteiger partial charge in [0.1, 0.15) is 5.92 Å². The molecule has 33 heavy (non-hydrogen) atoms. The molecule has 1 heterocycles. The predicted octanol–water partition coefficient (Wildman–Crippen LogP) is 4.60. The van der Waals surface area contributed by atoms with Crippen LogP contribution in [0, 0.1) is 0 Å². The van der Waals surface area contributed by atoms with Gasteiger partial charge < -0.3 is 15.5 Å². The summed E-state index contributed by atoms with van der Waals surface area (Å²) in [6.07, 6.45) is 0. The molecule has 3 aromatic carbocycles. The first-order valence-electron chi connectivity index (χ1n) is 10.1. The number of nitrogens with one attached hydrogen (secondary N) is 2. The largest absolute Gasteiger partial charge is 0.325 e. The van der Waals surface area contributed by atoms with Gasteiger partial charge in [-0.3, -0.25) is 19.2 Å². The van der Waals surface area contributed by atoms with Crippen molar-refractivity contribution in [3.05, 3.63) is 87.9 Å². The maximum absolute atomic E-state index is 13.1. The van der Waals surface area contributed by atoms with Gasteiger partial charge in [0.2, 0.25) is 11.8 Å². The zero-order valence-corrected chi connectivity index (χ0v) is 19.5. The molecule has 0 spiro atoms. The fourth-order valence-electron chi connectivity index (χ4n) is 3.70. The zero-order chi connectivity index (χ0) is 23.7. The molecule has 1 unspecified atom stereocenters. The Labute approximate surface area is 198 Å². The van der Waals surface area contributed by atoms with Crippen LogP contribution in [0.25, 0.3) is 0 Å². The van der Waals surface area contributed by atoms with E-state index in [0.29, 0.717) is 33.8 Å². The van der Waals surface area contributed by atoms with Crippen molar-refractivity contribution in [2.24, 2.45) is 0 Å². The monoisotopic (exact) mass is 505 g/mol. The number of fused-ring (bicyclic) bond motifs is 1. The van der Waals surface area contributed by atoms with Crippen LogP contribution in [0.4, 0.5) is 17.1 Å². The minimum atomic E-state index is -1.08. The third-order valence-corrected chi connectivity index (χ3v) is 5.97. The summed E-state index contributed by atoms with van der Waals surface area (Å²) >= 11 is 3.35. The second kappa shape index (κ2) is 8.99. The van der Waals surface area contributed by atoms with Crippen molar-refractivity contribution >= 4 is 56.5 Å². The van der Waals surface area contributed by atoms with Gasteiger partial charge in [0, 0.05) is 39.7 Å². The van der Waals surface area contributed by atoms with E-state index in [1.165, 1.54) is 11.8 Å². The van der Waals surface area contributed by atoms with E-state index in [9.17, 15) is 19.2 Å². The van der Waals surface area contributed by atoms with Crippen LogP contribution in [0.2, 0.25) is 0 Å². The molecule has 2 N–H and O–H groups in total. The van der Waals surface area contributed by atoms with E-state index in [-0.39, 0.29) is 17.6 Å². The summed E-state index contributed by atoms with van der Waals surface area (Å²) in [6.45, 7) is 1.43. The first kappa shape index (κ1) is 22.4. The molecule has 0 saturated heterocycles. The summed E-state index contributed by atoms with van der Waals surface area (Å²) in [7, 11) is 1.59. The molecule has 1 atom stereocenters. The Hall–Kier alpha value is -3.78. The van der Waals surface area contributed by atoms with Crippen molar-refractivity contribution in [2.75, 3.05) is 22.6 Å². The van der Waals surface area contributed by atoms with E-state index in [0.717, 1.165) is 4.47 Å². The molecule has 0 saturated carbocycles. The van der Waals surface area contributed by atoms with Gasteiger partial charge in [-0.1, -0.05) is 22.0 Å². The number of ketones is 1. The van der Waals surface area contributed by atoms with Crippen LogP contribution in [0.1, 0.15) is 39.1 Å². The van der Waals surface area contributed by atoms with Gasteiger partial charge in [-0.2, -0.15) is 0 Å². The number of likely N-dealkylation sites (N-methyl/N-ethyl adjacent to an activating group) is 1. The number of Topliss-reactive ketones (excluding diaryl/α,β-unsaturated/α-hetero) is 1. The van der Waals surface area contributed by atoms with Crippen molar-refractivity contribution in [2.45, 2.75) is 12.8 Å². The Balaban J connectivity index is 1.54. The van der Waals surface area contributed by atoms with Crippen LogP contribution in [0.3, 0.4) is 0 Å². The minimum absolute atomic E-state index is 0.150. The Morgan fingerprint density at radius 2 is 1.61 bits per heavy atom. The summed E-state index contributed by atoms with van der Waals surface area (Å²) in [5.41, 5.74) is 2.88. The molecular formula is C25H20BrN3O4. The van der Waals surface area contributed by atoms with Crippen molar-refractivity contribution in [3.8, 4) is 0 Å². The molecule has 1 aliphatic rings. The van der Waals surface area contributed by atoms with Crippen molar-refractivity contribution in [1.82, 2.24) is 0 Å². The zero-order valence-electron chi connectivity index (χ0n) is 17.9. The van der Waals surface area contributed by atoms with Gasteiger partial charge in [0.05, 0.1) is 0 Å². The molecule has 0 aromatic heterocycles. The molecule has 1 aliphatic heterocycles. The van der Waals surface area contributed by atoms with Gasteiger partial charge in [0.25, 0.3) is 5.91 Å². The van der Waals surface area contributed by atoms with E-state index in [1.54, 1.807) is 61.6 Å². The number of rotatable bonds is 5. The van der Waals surface area contributed by atoms with E-state index in [1.807, 2.05) is 12.1 Å². The highest BCUT2D eigenvalue weighted by molar-refractivity contribution is 9.10. The van der Waals surface area contributed by atoms with Crippen LogP contribution in [-0.2, 0) is 9.59 Å². The third kappa shape index (κ3) is 4.56. The first-order valence-corrected chi connectivity index (χ1v) is 10.9. The molecule has 0 aliphatic carbocycles. The number of hydrogen-bond acceptors (Lipinski definition) is 4. The summed E-state index contributed by atoms with van der Waals surface area (Å²) in [5.74, 6) is -2.47. The van der Waals surface area contributed by atoms with E-state index < -0.39 is 11.8 Å². The quantitative estimate of drug-likeness (QED) is 0.391. The molecule has 0 bridgehead atoms. The second-order valence-electron chi connectivity index (χ2n) is 7.69. The molecular weight excluding hydrogens is 486 g/mol. The summed E-state index contributed by atoms with van der Waals surface area (Å²) in [4.78, 5) is 51.7. The number of nitrogens with zero attached hydrogens (tertiary/aromatic N) is 1. The topological polar surface area (TPSA) is 95.6 Å². The van der Waals surface area contributed by atoms with Crippen LogP contribution in [0.5, 0.6) is 0 Å². The Kier molecular flexibility index (Phi) is 6.11. The molecule has 166 valence electrons. The van der Waals surface area contributed by atoms with Gasteiger partial charge >= 0.3 is 0 Å². The maximum atomic E-state index is 13.1. The number of anilines is 3. The van der Waals surface area contributed by atoms with E-state index in [2.05, 4.69) is 26.6 Å². The predicted molar refractivity (Wildman–Crippen MR) is 130 cm³/mol. The average Bonchev–Trinajstić information content (AvgIpc) is 3.05. The highest BCUT2D eigenvalue weighted by Gasteiger charge is 2.40. The molecule has 3 amide bonds. The highest BCUT2D eigenvalue weighted by atomic mass is 79.9. The van der Waals surface area contributed by atoms with E-state index in [4.69, 9.17) is 0 Å². The number of amides is 3. The summed E-state index contributed by atoms with van der Waals surface area (Å²) in [6, 6.07) is 18.5. The lowest BCUT2D eigenvalue weighted by molar-refractivity contribution is -0.126. The van der Waals surface area contributed by atoms with Crippen LogP contribution >= 0.6 is 15.9 Å². The normalized spacial score (nSPS) is 14.6. The number of carbonyl (C=O) groups is 4. The lowest BCUT2D eigenvalue weighted by Gasteiger charge is -2.13. The second-order valence-corrected chi connectivity index (χ2v) is 8.61. The number of benzene rings is 3. The summed E-state index contributed by atoms with van der Waals surface area (Å²) < 4.78 is 0.898. The first-order chi connectivity index (χ1) is 15.7. The SMILES string of the molecule is CC(=O)c1ccc2c(c1)C(C(=O)Nc1cccc(C(=O)Nc3ccc(Br)cc3)c1)C(=O)N2C. The lowest BCUT2D eigenvalue weighted by atomic mass is 9.96. The molecule has 7 nitrogen and oxygen atoms in total. The maximum Gasteiger partial charge on any atom is 0.255 e. The Morgan fingerprint density at radius 3 is 2.30 bits per heavy atom. The number of hydrogen-bond donors (Lipinski definition) is 2. The van der Waals surface area contributed by atoms with E-state index >= 15 is 0 Å². The standard InChI is InChI=1S/C25H20BrN3O4/c1-14(30)15-6-11-21-20(13-15)22(25(33)29(21)2)24(32)28-19-5-3-4-16(12-19)23(31)27-18-9-7-17(26)8-10-18/h3-13,22H,1-2H3,(H,27,31)(H,28,32). The fraction of sp³-hybridized carbons (Fsp3) is 0.120. The van der Waals surface area contributed by atoms with Gasteiger partial charge in [-0.05, 0) is 73.2 Å². The van der Waals surface area contributed by atoms with Crippen molar-refractivity contribution in [3.63, 3.8) is 0 Å². The molecule has 0 radical (unpaired) electrons. The number of halogens is 1. The fourth-order valence-corrected chi connectivity index (χ4v) is 3.96. The van der Waals surface area contributed by atoms with Crippen LogP contribution in [0.15, 0.2) is 71.2 Å². The molecule has 3 aromatic rings. The molecule has 0 fully saturated rings. The van der Waals surface area contributed by atoms with Gasteiger partial charge in [-0.25, -0.2) is 0 Å². The van der Waals surface area contributed by atoms with Gasteiger partial charge in [0.15, 0.2) is 5.78 Å².